The first-order chi connectivity index (χ1) is 17.9. The van der Waals surface area contributed by atoms with Crippen LogP contribution in [0.15, 0.2) is 146 Å². The van der Waals surface area contributed by atoms with E-state index in [1.807, 2.05) is 109 Å². The predicted octanol–water partition coefficient (Wildman–Crippen LogP) is 2.32. The summed E-state index contributed by atoms with van der Waals surface area (Å²) in [4.78, 5) is 25.1. The van der Waals surface area contributed by atoms with Crippen LogP contribution in [0.5, 0.6) is 0 Å². The minimum absolute atomic E-state index is 0. The molecule has 0 radical (unpaired) electrons. The van der Waals surface area contributed by atoms with Crippen molar-refractivity contribution in [1.82, 2.24) is 29.9 Å². The number of rotatable bonds is 3. The van der Waals surface area contributed by atoms with Gasteiger partial charge < -0.3 is 32.9 Å². The van der Waals surface area contributed by atoms with Gasteiger partial charge in [0.15, 0.2) is 0 Å². The van der Waals surface area contributed by atoms with E-state index in [4.69, 9.17) is 0 Å². The van der Waals surface area contributed by atoms with Gasteiger partial charge in [0.2, 0.25) is 0 Å². The summed E-state index contributed by atoms with van der Waals surface area (Å²) in [5, 5.41) is 0. The molecule has 0 aliphatic carbocycles. The molecule has 6 heterocycles. The van der Waals surface area contributed by atoms with E-state index in [-0.39, 0.29) is 77.1 Å². The van der Waals surface area contributed by atoms with Gasteiger partial charge in [-0.15, -0.1) is 24.8 Å². The Morgan fingerprint density at radius 1 is 0.244 bits per heavy atom. The Balaban J connectivity index is -0.000000115. The number of aromatic nitrogens is 6. The van der Waals surface area contributed by atoms with E-state index in [0.717, 1.165) is 34.2 Å². The minimum Gasteiger partial charge on any atom is -0.412 e. The number of hydrogen-bond donors (Lipinski definition) is 0. The Bertz CT molecular complexity index is 1140. The summed E-state index contributed by atoms with van der Waals surface area (Å²) in [5.41, 5.74) is 5.49. The first kappa shape index (κ1) is 53.4. The van der Waals surface area contributed by atoms with Gasteiger partial charge in [0.1, 0.15) is 0 Å². The molecule has 45 heavy (non-hydrogen) atoms. The molecule has 12 N–H and O–H groups in total. The van der Waals surface area contributed by atoms with Crippen molar-refractivity contribution in [2.24, 2.45) is 0 Å². The monoisotopic (exact) mass is 750 g/mol. The van der Waals surface area contributed by atoms with Crippen LogP contribution < -0.4 is 0 Å². The summed E-state index contributed by atoms with van der Waals surface area (Å²) >= 11 is 0. The van der Waals surface area contributed by atoms with Crippen molar-refractivity contribution in [2.45, 2.75) is 0 Å². The van der Waals surface area contributed by atoms with E-state index in [0.29, 0.717) is 0 Å². The maximum Gasteiger partial charge on any atom is 2.00 e. The molecule has 12 nitrogen and oxygen atoms in total. The van der Waals surface area contributed by atoms with Crippen molar-refractivity contribution >= 4 is 24.8 Å². The fourth-order valence-corrected chi connectivity index (χ4v) is 3.09. The van der Waals surface area contributed by atoms with Crippen LogP contribution in [0, 0.1) is 0 Å². The molecule has 0 bridgehead atoms. The van der Waals surface area contributed by atoms with E-state index >= 15 is 0 Å². The van der Waals surface area contributed by atoms with E-state index in [1.54, 1.807) is 37.2 Å². The van der Waals surface area contributed by atoms with Crippen molar-refractivity contribution < 1.29 is 52.3 Å². The Kier molecular flexibility index (Phi) is 37.2. The van der Waals surface area contributed by atoms with Crippen LogP contribution in [0.4, 0.5) is 0 Å². The molecule has 15 heteroatoms. The van der Waals surface area contributed by atoms with Gasteiger partial charge in [-0.3, -0.25) is 29.9 Å². The van der Waals surface area contributed by atoms with Crippen molar-refractivity contribution in [3.8, 4) is 34.2 Å². The van der Waals surface area contributed by atoms with Crippen LogP contribution >= 0.6 is 24.8 Å². The summed E-state index contributed by atoms with van der Waals surface area (Å²) in [7, 11) is 0. The zero-order chi connectivity index (χ0) is 24.7. The second-order valence-corrected chi connectivity index (χ2v) is 7.29. The molecule has 0 saturated carbocycles. The fraction of sp³-hybridized carbons (Fsp3) is 0. The van der Waals surface area contributed by atoms with E-state index in [9.17, 15) is 0 Å². The number of nitrogens with zero attached hydrogens (tertiary/aromatic N) is 6. The smallest absolute Gasteiger partial charge is 0.412 e. The topological polar surface area (TPSA) is 266 Å². The third-order valence-electron chi connectivity index (χ3n) is 4.78. The summed E-state index contributed by atoms with van der Waals surface area (Å²) in [5.74, 6) is 0. The zero-order valence-electron chi connectivity index (χ0n) is 23.7. The molecule has 0 fully saturated rings. The maximum atomic E-state index is 4.19. The summed E-state index contributed by atoms with van der Waals surface area (Å²) < 4.78 is 0. The fourth-order valence-electron chi connectivity index (χ4n) is 3.09. The third-order valence-corrected chi connectivity index (χ3v) is 4.78. The molecule has 0 aliphatic rings. The molecular formula is C30H38Cl2N6O6Ru+2. The second kappa shape index (κ2) is 31.3. The van der Waals surface area contributed by atoms with Crippen LogP contribution in [-0.4, -0.2) is 62.8 Å². The molecule has 0 aromatic carbocycles. The molecule has 0 aliphatic heterocycles. The van der Waals surface area contributed by atoms with Crippen LogP contribution in [0.3, 0.4) is 0 Å². The van der Waals surface area contributed by atoms with E-state index in [1.165, 1.54) is 0 Å². The van der Waals surface area contributed by atoms with Gasteiger partial charge in [0, 0.05) is 37.2 Å². The molecule has 6 aromatic rings. The number of halogens is 2. The molecule has 6 aromatic heterocycles. The molecule has 0 unspecified atom stereocenters. The average molecular weight is 751 g/mol. The quantitative estimate of drug-likeness (QED) is 0.245. The number of hydrogen-bond acceptors (Lipinski definition) is 6. The van der Waals surface area contributed by atoms with Crippen LogP contribution in [0.1, 0.15) is 0 Å². The SMILES string of the molecule is Cl.Cl.O.O.O.O.O.O.[Ru+2].c1ccc(-c2ccccn2)nc1.c1ccc(-c2ccccn2)nc1.c1ccc(-c2ccccn2)nc1. The van der Waals surface area contributed by atoms with Gasteiger partial charge >= 0.3 is 19.5 Å². The van der Waals surface area contributed by atoms with Crippen LogP contribution in [0.2, 0.25) is 0 Å². The van der Waals surface area contributed by atoms with Gasteiger partial charge in [0.25, 0.3) is 0 Å². The largest absolute Gasteiger partial charge is 2.00 e. The summed E-state index contributed by atoms with van der Waals surface area (Å²) in [6, 6.07) is 34.8. The summed E-state index contributed by atoms with van der Waals surface area (Å²) in [6.45, 7) is 0. The van der Waals surface area contributed by atoms with Gasteiger partial charge in [-0.2, -0.15) is 0 Å². The number of pyridine rings is 6. The van der Waals surface area contributed by atoms with Crippen molar-refractivity contribution in [1.29, 1.82) is 0 Å². The molecule has 0 saturated heterocycles. The van der Waals surface area contributed by atoms with Crippen molar-refractivity contribution in [3.05, 3.63) is 146 Å². The molecule has 6 rings (SSSR count). The third kappa shape index (κ3) is 18.3. The van der Waals surface area contributed by atoms with Gasteiger partial charge in [-0.05, 0) is 72.8 Å². The Labute approximate surface area is 286 Å². The van der Waals surface area contributed by atoms with Crippen molar-refractivity contribution in [2.75, 3.05) is 0 Å². The first-order valence-electron chi connectivity index (χ1n) is 11.4. The van der Waals surface area contributed by atoms with Gasteiger partial charge in [0.05, 0.1) is 34.2 Å². The van der Waals surface area contributed by atoms with Gasteiger partial charge in [-0.25, -0.2) is 0 Å². The van der Waals surface area contributed by atoms with Crippen LogP contribution in [-0.2, 0) is 19.5 Å². The van der Waals surface area contributed by atoms with E-state index in [2.05, 4.69) is 29.9 Å². The average Bonchev–Trinajstić information content (AvgIpc) is 3.01. The van der Waals surface area contributed by atoms with Gasteiger partial charge in [-0.1, -0.05) is 36.4 Å². The van der Waals surface area contributed by atoms with Crippen molar-refractivity contribution in [3.63, 3.8) is 0 Å². The molecular weight excluding hydrogens is 712 g/mol. The molecule has 0 atom stereocenters. The maximum absolute atomic E-state index is 4.19. The Morgan fingerprint density at radius 2 is 0.378 bits per heavy atom. The molecule has 244 valence electrons. The Morgan fingerprint density at radius 3 is 0.467 bits per heavy atom. The minimum atomic E-state index is 0. The standard InChI is InChI=1S/3C10H8N2.2ClH.6H2O.Ru/c3*1-3-7-11-9(5-1)10-6-2-4-8-12-10;;;;;;;;;/h3*1-8H;2*1H;6*1H2;/q;;;;;;;;;;;+2. The molecule has 0 spiro atoms. The second-order valence-electron chi connectivity index (χ2n) is 7.29. The van der Waals surface area contributed by atoms with Crippen LogP contribution in [0.25, 0.3) is 34.2 Å². The molecule has 0 amide bonds. The Hall–Kier alpha value is -4.14. The summed E-state index contributed by atoms with van der Waals surface area (Å²) in [6.07, 6.45) is 10.6. The normalized spacial score (nSPS) is 7.73. The zero-order valence-corrected chi connectivity index (χ0v) is 27.1. The van der Waals surface area contributed by atoms with E-state index < -0.39 is 0 Å². The predicted molar refractivity (Wildman–Crippen MR) is 179 cm³/mol. The first-order valence-corrected chi connectivity index (χ1v) is 11.4.